The molecule has 1 fully saturated rings. The van der Waals surface area contributed by atoms with Crippen LogP contribution in [0.1, 0.15) is 47.2 Å². The van der Waals surface area contributed by atoms with Crippen molar-refractivity contribution in [3.63, 3.8) is 0 Å². The third kappa shape index (κ3) is 5.80. The Morgan fingerprint density at radius 2 is 1.77 bits per heavy atom. The molecule has 2 heterocycles. The molecule has 0 aliphatic carbocycles. The van der Waals surface area contributed by atoms with Crippen molar-refractivity contribution in [1.82, 2.24) is 14.5 Å². The molecule has 5 nitrogen and oxygen atoms in total. The summed E-state index contributed by atoms with van der Waals surface area (Å²) >= 11 is 0. The molecule has 0 saturated carbocycles. The number of anilines is 1. The molecule has 1 N–H and O–H groups in total. The van der Waals surface area contributed by atoms with Crippen LogP contribution in [0.25, 0.3) is 0 Å². The zero-order chi connectivity index (χ0) is 20.6. The molecule has 156 valence electrons. The quantitative estimate of drug-likeness (QED) is 0.628. The number of imidazole rings is 1. The van der Waals surface area contributed by atoms with Gasteiger partial charge in [0.15, 0.2) is 0 Å². The molecule has 1 aromatic heterocycles. The first-order valence-electron chi connectivity index (χ1n) is 10.9. The van der Waals surface area contributed by atoms with E-state index in [9.17, 15) is 4.79 Å². The summed E-state index contributed by atoms with van der Waals surface area (Å²) in [6, 6.07) is 16.0. The number of aromatic nitrogens is 2. The molecular weight excluding hydrogens is 372 g/mol. The maximum absolute atomic E-state index is 12.7. The Balaban J connectivity index is 1.31. The van der Waals surface area contributed by atoms with Crippen molar-refractivity contribution in [2.45, 2.75) is 38.6 Å². The SMILES string of the molecule is O=C(Nc1ccc(CCN2CCCCCC2)cc1)c1cccc(Cn2ccnc2)c1. The van der Waals surface area contributed by atoms with Crippen LogP contribution >= 0.6 is 0 Å². The van der Waals surface area contributed by atoms with Crippen molar-refractivity contribution in [1.29, 1.82) is 0 Å². The van der Waals surface area contributed by atoms with Crippen molar-refractivity contribution < 1.29 is 4.79 Å². The molecule has 0 spiro atoms. The standard InChI is InChI=1S/C25H30N4O/c30-25(23-7-5-6-22(18-23)19-29-17-13-26-20-29)27-24-10-8-21(9-11-24)12-16-28-14-3-1-2-4-15-28/h5-11,13,17-18,20H,1-4,12,14-16,19H2,(H,27,30). The molecule has 4 rings (SSSR count). The average Bonchev–Trinajstić information content (AvgIpc) is 3.14. The summed E-state index contributed by atoms with van der Waals surface area (Å²) in [6.07, 6.45) is 11.9. The molecule has 5 heteroatoms. The summed E-state index contributed by atoms with van der Waals surface area (Å²) < 4.78 is 1.99. The van der Waals surface area contributed by atoms with Gasteiger partial charge in [-0.25, -0.2) is 4.98 Å². The first kappa shape index (κ1) is 20.4. The lowest BCUT2D eigenvalue weighted by atomic mass is 10.1. The summed E-state index contributed by atoms with van der Waals surface area (Å²) in [4.78, 5) is 19.3. The fourth-order valence-electron chi connectivity index (χ4n) is 4.01. The zero-order valence-electron chi connectivity index (χ0n) is 17.5. The highest BCUT2D eigenvalue weighted by molar-refractivity contribution is 6.04. The Hall–Kier alpha value is -2.92. The van der Waals surface area contributed by atoms with Gasteiger partial charge in [0.2, 0.25) is 0 Å². The lowest BCUT2D eigenvalue weighted by Crippen LogP contribution is -2.26. The molecular formula is C25H30N4O. The van der Waals surface area contributed by atoms with Gasteiger partial charge >= 0.3 is 0 Å². The number of likely N-dealkylation sites (tertiary alicyclic amines) is 1. The minimum Gasteiger partial charge on any atom is -0.333 e. The van der Waals surface area contributed by atoms with Gasteiger partial charge in [-0.2, -0.15) is 0 Å². The van der Waals surface area contributed by atoms with Crippen LogP contribution in [0.15, 0.2) is 67.3 Å². The van der Waals surface area contributed by atoms with Gasteiger partial charge in [-0.15, -0.1) is 0 Å². The van der Waals surface area contributed by atoms with E-state index in [1.165, 1.54) is 44.3 Å². The van der Waals surface area contributed by atoms with Gasteiger partial charge in [-0.1, -0.05) is 37.1 Å². The molecule has 3 aromatic rings. The molecule has 1 aliphatic rings. The second-order valence-corrected chi connectivity index (χ2v) is 8.09. The number of hydrogen-bond acceptors (Lipinski definition) is 3. The Morgan fingerprint density at radius 3 is 2.50 bits per heavy atom. The predicted molar refractivity (Wildman–Crippen MR) is 121 cm³/mol. The van der Waals surface area contributed by atoms with Crippen LogP contribution < -0.4 is 5.32 Å². The molecule has 0 radical (unpaired) electrons. The molecule has 1 saturated heterocycles. The van der Waals surface area contributed by atoms with E-state index in [1.54, 1.807) is 12.5 Å². The number of rotatable bonds is 7. The van der Waals surface area contributed by atoms with Gasteiger partial charge in [0.1, 0.15) is 0 Å². The Morgan fingerprint density at radius 1 is 0.967 bits per heavy atom. The highest BCUT2D eigenvalue weighted by atomic mass is 16.1. The predicted octanol–water partition coefficient (Wildman–Crippen LogP) is 4.60. The molecule has 0 bridgehead atoms. The number of hydrogen-bond donors (Lipinski definition) is 1. The van der Waals surface area contributed by atoms with Crippen LogP contribution in [0.3, 0.4) is 0 Å². The third-order valence-corrected chi connectivity index (χ3v) is 5.74. The van der Waals surface area contributed by atoms with Crippen LogP contribution in [-0.4, -0.2) is 40.0 Å². The minimum absolute atomic E-state index is 0.0835. The van der Waals surface area contributed by atoms with Crippen molar-refractivity contribution in [3.8, 4) is 0 Å². The second kappa shape index (κ2) is 10.2. The van der Waals surface area contributed by atoms with Gasteiger partial charge < -0.3 is 14.8 Å². The lowest BCUT2D eigenvalue weighted by molar-refractivity contribution is 0.102. The van der Waals surface area contributed by atoms with Crippen LogP contribution in [-0.2, 0) is 13.0 Å². The molecule has 1 amide bonds. The average molecular weight is 403 g/mol. The van der Waals surface area contributed by atoms with E-state index in [0.29, 0.717) is 12.1 Å². The monoisotopic (exact) mass is 402 g/mol. The third-order valence-electron chi connectivity index (χ3n) is 5.74. The number of benzene rings is 2. The molecule has 2 aromatic carbocycles. The molecule has 0 unspecified atom stereocenters. The van der Waals surface area contributed by atoms with Gasteiger partial charge in [-0.05, 0) is 67.7 Å². The van der Waals surface area contributed by atoms with Crippen molar-refractivity contribution in [3.05, 3.63) is 83.9 Å². The molecule has 1 aliphatic heterocycles. The Bertz CT molecular complexity index is 926. The topological polar surface area (TPSA) is 50.2 Å². The summed E-state index contributed by atoms with van der Waals surface area (Å²) in [7, 11) is 0. The van der Waals surface area contributed by atoms with Crippen molar-refractivity contribution >= 4 is 11.6 Å². The fourth-order valence-corrected chi connectivity index (χ4v) is 4.01. The number of nitrogens with one attached hydrogen (secondary N) is 1. The van der Waals surface area contributed by atoms with E-state index in [4.69, 9.17) is 0 Å². The van der Waals surface area contributed by atoms with E-state index < -0.39 is 0 Å². The highest BCUT2D eigenvalue weighted by Crippen LogP contribution is 2.15. The van der Waals surface area contributed by atoms with E-state index >= 15 is 0 Å². The summed E-state index contributed by atoms with van der Waals surface area (Å²) in [5.41, 5.74) is 3.89. The van der Waals surface area contributed by atoms with Crippen LogP contribution in [0, 0.1) is 0 Å². The van der Waals surface area contributed by atoms with Gasteiger partial charge in [0.25, 0.3) is 5.91 Å². The molecule has 30 heavy (non-hydrogen) atoms. The smallest absolute Gasteiger partial charge is 0.255 e. The van der Waals surface area contributed by atoms with Crippen LogP contribution in [0.5, 0.6) is 0 Å². The van der Waals surface area contributed by atoms with Gasteiger partial charge in [0, 0.05) is 36.7 Å². The maximum Gasteiger partial charge on any atom is 0.255 e. The Kier molecular flexibility index (Phi) is 6.93. The largest absolute Gasteiger partial charge is 0.333 e. The summed E-state index contributed by atoms with van der Waals surface area (Å²) in [6.45, 7) is 4.28. The minimum atomic E-state index is -0.0835. The van der Waals surface area contributed by atoms with E-state index in [2.05, 4.69) is 27.3 Å². The van der Waals surface area contributed by atoms with Crippen molar-refractivity contribution in [2.75, 3.05) is 25.0 Å². The molecule has 0 atom stereocenters. The normalized spacial score (nSPS) is 14.9. The first-order chi connectivity index (χ1) is 14.8. The number of amides is 1. The summed E-state index contributed by atoms with van der Waals surface area (Å²) in [5.74, 6) is -0.0835. The van der Waals surface area contributed by atoms with Crippen LogP contribution in [0.4, 0.5) is 5.69 Å². The van der Waals surface area contributed by atoms with Crippen molar-refractivity contribution in [2.24, 2.45) is 0 Å². The lowest BCUT2D eigenvalue weighted by Gasteiger charge is -2.19. The fraction of sp³-hybridized carbons (Fsp3) is 0.360. The highest BCUT2D eigenvalue weighted by Gasteiger charge is 2.10. The maximum atomic E-state index is 12.7. The van der Waals surface area contributed by atoms with E-state index in [-0.39, 0.29) is 5.91 Å². The number of nitrogens with zero attached hydrogens (tertiary/aromatic N) is 3. The van der Waals surface area contributed by atoms with E-state index in [0.717, 1.165) is 24.2 Å². The van der Waals surface area contributed by atoms with Gasteiger partial charge in [0.05, 0.1) is 6.33 Å². The van der Waals surface area contributed by atoms with Crippen LogP contribution in [0.2, 0.25) is 0 Å². The van der Waals surface area contributed by atoms with E-state index in [1.807, 2.05) is 47.2 Å². The zero-order valence-corrected chi connectivity index (χ0v) is 17.5. The Labute approximate surface area is 178 Å². The number of carbonyl (C=O) groups is 1. The number of carbonyl (C=O) groups excluding carboxylic acids is 1. The van der Waals surface area contributed by atoms with Gasteiger partial charge in [-0.3, -0.25) is 4.79 Å². The first-order valence-corrected chi connectivity index (χ1v) is 10.9. The summed E-state index contributed by atoms with van der Waals surface area (Å²) in [5, 5.41) is 3.02. The second-order valence-electron chi connectivity index (χ2n) is 8.09.